The van der Waals surface area contributed by atoms with E-state index in [1.807, 2.05) is 30.3 Å². The van der Waals surface area contributed by atoms with Gasteiger partial charge in [0, 0.05) is 18.7 Å². The van der Waals surface area contributed by atoms with Crippen LogP contribution in [0, 0.1) is 0 Å². The highest BCUT2D eigenvalue weighted by molar-refractivity contribution is 5.94. The lowest BCUT2D eigenvalue weighted by Gasteiger charge is -2.32. The van der Waals surface area contributed by atoms with Crippen molar-refractivity contribution in [2.24, 2.45) is 0 Å². The summed E-state index contributed by atoms with van der Waals surface area (Å²) in [7, 11) is 0. The maximum absolute atomic E-state index is 12.4. The number of benzene rings is 2. The van der Waals surface area contributed by atoms with Gasteiger partial charge in [-0.2, -0.15) is 0 Å². The number of carbonyl (C=O) groups is 3. The predicted octanol–water partition coefficient (Wildman–Crippen LogP) is 3.76. The van der Waals surface area contributed by atoms with Crippen LogP contribution in [0.4, 0.5) is 0 Å². The van der Waals surface area contributed by atoms with E-state index >= 15 is 0 Å². The molecule has 1 aliphatic heterocycles. The van der Waals surface area contributed by atoms with E-state index in [1.165, 1.54) is 13.8 Å². The lowest BCUT2D eigenvalue weighted by atomic mass is 9.94. The van der Waals surface area contributed by atoms with Crippen molar-refractivity contribution in [3.63, 3.8) is 0 Å². The van der Waals surface area contributed by atoms with Gasteiger partial charge in [0.1, 0.15) is 5.75 Å². The number of ketones is 1. The van der Waals surface area contributed by atoms with E-state index in [2.05, 4.69) is 0 Å². The largest absolute Gasteiger partial charge is 0.426 e. The molecule has 1 unspecified atom stereocenters. The summed E-state index contributed by atoms with van der Waals surface area (Å²) in [6.07, 6.45) is 3.60. The fourth-order valence-electron chi connectivity index (χ4n) is 3.00. The van der Waals surface area contributed by atoms with Gasteiger partial charge in [0.2, 0.25) is 5.91 Å². The number of Topliss-reactive ketones (excluding diaryl/α,β-unsaturated/α-hetero) is 1. The maximum atomic E-state index is 12.4. The minimum absolute atomic E-state index is 0.0371. The average Bonchev–Trinajstić information content (AvgIpc) is 2.62. The van der Waals surface area contributed by atoms with Crippen LogP contribution in [0.2, 0.25) is 0 Å². The summed E-state index contributed by atoms with van der Waals surface area (Å²) < 4.78 is 5.38. The van der Waals surface area contributed by atoms with E-state index in [9.17, 15) is 14.4 Å². The first kappa shape index (κ1) is 17.6. The monoisotopic (exact) mass is 349 g/mol. The zero-order chi connectivity index (χ0) is 18.7. The van der Waals surface area contributed by atoms with Gasteiger partial charge >= 0.3 is 5.97 Å². The first-order valence-corrected chi connectivity index (χ1v) is 8.33. The molecule has 0 aromatic heterocycles. The Morgan fingerprint density at radius 1 is 1.00 bits per heavy atom. The van der Waals surface area contributed by atoms with E-state index in [4.69, 9.17) is 4.74 Å². The molecule has 1 aliphatic rings. The van der Waals surface area contributed by atoms with Gasteiger partial charge in [-0.3, -0.25) is 14.4 Å². The van der Waals surface area contributed by atoms with Crippen LogP contribution in [0.25, 0.3) is 6.08 Å². The zero-order valence-electron chi connectivity index (χ0n) is 14.6. The Hall–Kier alpha value is -3.21. The molecule has 5 heteroatoms. The third-order valence-electron chi connectivity index (χ3n) is 4.32. The van der Waals surface area contributed by atoms with E-state index in [0.717, 1.165) is 11.1 Å². The van der Waals surface area contributed by atoms with Crippen LogP contribution >= 0.6 is 0 Å². The van der Waals surface area contributed by atoms with Crippen molar-refractivity contribution in [3.8, 4) is 5.75 Å². The van der Waals surface area contributed by atoms with E-state index < -0.39 is 12.0 Å². The molecule has 0 radical (unpaired) electrons. The highest BCUT2D eigenvalue weighted by atomic mass is 16.5. The van der Waals surface area contributed by atoms with Crippen LogP contribution in [-0.4, -0.2) is 22.6 Å². The van der Waals surface area contributed by atoms with Crippen LogP contribution in [0.3, 0.4) is 0 Å². The third-order valence-corrected chi connectivity index (χ3v) is 4.32. The molecular weight excluding hydrogens is 330 g/mol. The summed E-state index contributed by atoms with van der Waals surface area (Å²) >= 11 is 0. The third kappa shape index (κ3) is 3.72. The van der Waals surface area contributed by atoms with E-state index in [0.29, 0.717) is 11.3 Å². The molecule has 0 saturated heterocycles. The topological polar surface area (TPSA) is 63.7 Å². The summed E-state index contributed by atoms with van der Waals surface area (Å²) in [6, 6.07) is 13.7. The summed E-state index contributed by atoms with van der Waals surface area (Å²) in [5, 5.41) is 0. The fourth-order valence-corrected chi connectivity index (χ4v) is 3.00. The second kappa shape index (κ2) is 7.35. The summed E-state index contributed by atoms with van der Waals surface area (Å²) in [5.74, 6) is -0.263. The second-order valence-corrected chi connectivity index (χ2v) is 6.15. The van der Waals surface area contributed by atoms with Gasteiger partial charge in [0.05, 0.1) is 12.5 Å². The van der Waals surface area contributed by atoms with Crippen LogP contribution in [0.1, 0.15) is 47.8 Å². The van der Waals surface area contributed by atoms with Crippen LogP contribution in [0.5, 0.6) is 5.75 Å². The number of rotatable bonds is 4. The van der Waals surface area contributed by atoms with Gasteiger partial charge in [-0.15, -0.1) is 0 Å². The molecule has 0 spiro atoms. The Bertz CT molecular complexity index is 883. The molecule has 0 bridgehead atoms. The van der Waals surface area contributed by atoms with Crippen molar-refractivity contribution in [2.75, 3.05) is 0 Å². The van der Waals surface area contributed by atoms with Crippen LogP contribution in [-0.2, 0) is 9.59 Å². The maximum Gasteiger partial charge on any atom is 0.313 e. The molecule has 0 saturated carbocycles. The van der Waals surface area contributed by atoms with E-state index in [1.54, 1.807) is 35.4 Å². The number of ether oxygens (including phenoxy) is 1. The average molecular weight is 349 g/mol. The number of nitrogens with zero attached hydrogens (tertiary/aromatic N) is 1. The Kier molecular flexibility index (Phi) is 4.98. The Balaban J connectivity index is 1.77. The number of amides is 1. The molecule has 1 atom stereocenters. The van der Waals surface area contributed by atoms with Crippen LogP contribution < -0.4 is 4.74 Å². The van der Waals surface area contributed by atoms with Crippen molar-refractivity contribution >= 4 is 23.7 Å². The number of hydrogen-bond acceptors (Lipinski definition) is 4. The van der Waals surface area contributed by atoms with Crippen molar-refractivity contribution in [1.82, 2.24) is 4.90 Å². The van der Waals surface area contributed by atoms with Gasteiger partial charge in [-0.25, -0.2) is 0 Å². The van der Waals surface area contributed by atoms with Gasteiger partial charge in [0.25, 0.3) is 0 Å². The first-order chi connectivity index (χ1) is 12.5. The molecule has 0 aliphatic carbocycles. The molecule has 3 rings (SSSR count). The van der Waals surface area contributed by atoms with Crippen LogP contribution in [0.15, 0.2) is 54.7 Å². The summed E-state index contributed by atoms with van der Waals surface area (Å²) in [6.45, 7) is 2.95. The highest BCUT2D eigenvalue weighted by Gasteiger charge is 2.28. The second-order valence-electron chi connectivity index (χ2n) is 6.15. The van der Waals surface area contributed by atoms with Crippen molar-refractivity contribution < 1.29 is 19.1 Å². The smallest absolute Gasteiger partial charge is 0.313 e. The highest BCUT2D eigenvalue weighted by Crippen LogP contribution is 2.33. The molecule has 26 heavy (non-hydrogen) atoms. The SMILES string of the molecule is CC(=O)c1ccc(OC(=O)CC2c3ccccc3C=CN2C(C)=O)cc1. The van der Waals surface area contributed by atoms with Crippen molar-refractivity contribution in [1.29, 1.82) is 0 Å². The lowest BCUT2D eigenvalue weighted by Crippen LogP contribution is -2.33. The normalized spacial score (nSPS) is 15.3. The zero-order valence-corrected chi connectivity index (χ0v) is 14.6. The van der Waals surface area contributed by atoms with Crippen molar-refractivity contribution in [3.05, 3.63) is 71.4 Å². The molecular formula is C21H19NO4. The van der Waals surface area contributed by atoms with Gasteiger partial charge in [-0.05, 0) is 48.4 Å². The van der Waals surface area contributed by atoms with Gasteiger partial charge in [0.15, 0.2) is 5.78 Å². The predicted molar refractivity (Wildman–Crippen MR) is 97.4 cm³/mol. The number of esters is 1. The minimum atomic E-state index is -0.443. The Labute approximate surface area is 151 Å². The molecule has 1 heterocycles. The summed E-state index contributed by atoms with van der Waals surface area (Å²) in [5.41, 5.74) is 2.45. The van der Waals surface area contributed by atoms with E-state index in [-0.39, 0.29) is 18.1 Å². The summed E-state index contributed by atoms with van der Waals surface area (Å²) in [4.78, 5) is 37.2. The first-order valence-electron chi connectivity index (χ1n) is 8.33. The number of carbonyl (C=O) groups excluding carboxylic acids is 3. The molecule has 1 amide bonds. The van der Waals surface area contributed by atoms with Crippen molar-refractivity contribution in [2.45, 2.75) is 26.3 Å². The molecule has 2 aromatic carbocycles. The quantitative estimate of drug-likeness (QED) is 0.479. The molecule has 2 aromatic rings. The number of fused-ring (bicyclic) bond motifs is 1. The number of hydrogen-bond donors (Lipinski definition) is 0. The Morgan fingerprint density at radius 3 is 2.35 bits per heavy atom. The molecule has 5 nitrogen and oxygen atoms in total. The lowest BCUT2D eigenvalue weighted by molar-refractivity contribution is -0.137. The molecule has 0 N–H and O–H groups in total. The minimum Gasteiger partial charge on any atom is -0.426 e. The van der Waals surface area contributed by atoms with Gasteiger partial charge < -0.3 is 9.64 Å². The standard InChI is InChI=1S/C21H19NO4/c1-14(23)16-7-9-18(10-8-16)26-21(25)13-20-19-6-4-3-5-17(19)11-12-22(20)15(2)24/h3-12,20H,13H2,1-2H3. The molecule has 132 valence electrons. The van der Waals surface area contributed by atoms with Gasteiger partial charge in [-0.1, -0.05) is 24.3 Å². The Morgan fingerprint density at radius 2 is 1.69 bits per heavy atom. The fraction of sp³-hybridized carbons (Fsp3) is 0.190. The molecule has 0 fully saturated rings.